The average molecular weight is 237 g/mol. The highest BCUT2D eigenvalue weighted by atomic mass is 14.7. The van der Waals surface area contributed by atoms with Crippen molar-refractivity contribution in [2.45, 2.75) is 38.0 Å². The summed E-state index contributed by atoms with van der Waals surface area (Å²) in [5.41, 5.74) is 4.04. The Hall–Kier alpha value is -1.63. The van der Waals surface area contributed by atoms with Crippen LogP contribution in [0.15, 0.2) is 48.7 Å². The first-order chi connectivity index (χ1) is 8.75. The minimum absolute atomic E-state index is 0.565. The molecule has 0 amide bonds. The van der Waals surface area contributed by atoms with E-state index in [1.54, 1.807) is 0 Å². The van der Waals surface area contributed by atoms with Crippen LogP contribution < -0.4 is 0 Å². The zero-order valence-electron chi connectivity index (χ0n) is 11.0. The van der Waals surface area contributed by atoms with Crippen molar-refractivity contribution in [3.63, 3.8) is 0 Å². The topological polar surface area (TPSA) is 12.9 Å². The van der Waals surface area contributed by atoms with Crippen LogP contribution >= 0.6 is 0 Å². The lowest BCUT2D eigenvalue weighted by molar-refractivity contribution is 0.847. The summed E-state index contributed by atoms with van der Waals surface area (Å²) in [6.45, 7) is 4.42. The molecule has 0 spiro atoms. The van der Waals surface area contributed by atoms with Gasteiger partial charge in [0.25, 0.3) is 0 Å². The van der Waals surface area contributed by atoms with E-state index < -0.39 is 0 Å². The molecule has 1 aliphatic carbocycles. The Morgan fingerprint density at radius 2 is 1.78 bits per heavy atom. The van der Waals surface area contributed by atoms with E-state index in [4.69, 9.17) is 0 Å². The maximum Gasteiger partial charge on any atom is 0.0441 e. The Morgan fingerprint density at radius 1 is 1.00 bits per heavy atom. The Labute approximate surface area is 109 Å². The number of benzene rings is 1. The number of nitrogens with zero attached hydrogens (tertiary/aromatic N) is 1. The normalized spacial score (nSPS) is 22.2. The van der Waals surface area contributed by atoms with Gasteiger partial charge in [-0.3, -0.25) is 4.98 Å². The number of hydrogen-bond acceptors (Lipinski definition) is 1. The third-order valence-electron chi connectivity index (χ3n) is 3.87. The molecule has 0 radical (unpaired) electrons. The lowest BCUT2D eigenvalue weighted by atomic mass is 10.0. The predicted molar refractivity (Wildman–Crippen MR) is 74.9 cm³/mol. The van der Waals surface area contributed by atoms with Gasteiger partial charge in [-0.25, -0.2) is 0 Å². The molecule has 1 aliphatic rings. The highest BCUT2D eigenvalue weighted by Crippen LogP contribution is 2.53. The molecule has 1 heteroatoms. The summed E-state index contributed by atoms with van der Waals surface area (Å²) in [5.74, 6) is 1.88. The van der Waals surface area contributed by atoms with Gasteiger partial charge in [-0.1, -0.05) is 50.2 Å². The lowest BCUT2D eigenvalue weighted by Crippen LogP contribution is -1.93. The summed E-state index contributed by atoms with van der Waals surface area (Å²) in [6, 6.07) is 15.2. The first-order valence-electron chi connectivity index (χ1n) is 6.76. The molecule has 0 N–H and O–H groups in total. The molecule has 1 nitrogen and oxygen atoms in total. The van der Waals surface area contributed by atoms with Gasteiger partial charge in [-0.15, -0.1) is 0 Å². The first kappa shape index (κ1) is 11.5. The smallest absolute Gasteiger partial charge is 0.0441 e. The maximum absolute atomic E-state index is 4.64. The van der Waals surface area contributed by atoms with Gasteiger partial charge in [0.1, 0.15) is 0 Å². The number of rotatable bonds is 3. The van der Waals surface area contributed by atoms with Gasteiger partial charge in [0.15, 0.2) is 0 Å². The summed E-state index contributed by atoms with van der Waals surface area (Å²) in [6.07, 6.45) is 3.29. The van der Waals surface area contributed by atoms with E-state index in [0.29, 0.717) is 17.8 Å². The molecule has 0 saturated heterocycles. The van der Waals surface area contributed by atoms with Crippen LogP contribution in [0.5, 0.6) is 0 Å². The molecule has 0 aliphatic heterocycles. The number of hydrogen-bond donors (Lipinski definition) is 0. The molecule has 0 bridgehead atoms. The molecule has 18 heavy (non-hydrogen) atoms. The summed E-state index contributed by atoms with van der Waals surface area (Å²) >= 11 is 0. The number of pyridine rings is 1. The fraction of sp³-hybridized carbons (Fsp3) is 0.353. The summed E-state index contributed by atoms with van der Waals surface area (Å²) in [7, 11) is 0. The van der Waals surface area contributed by atoms with E-state index in [0.717, 1.165) is 0 Å². The Balaban J connectivity index is 1.75. The van der Waals surface area contributed by atoms with Gasteiger partial charge in [0, 0.05) is 17.8 Å². The SMILES string of the molecule is CC(C)c1ccc(C2CC2c2ccccc2)nc1. The quantitative estimate of drug-likeness (QED) is 0.767. The molecule has 2 aromatic rings. The first-order valence-corrected chi connectivity index (χ1v) is 6.76. The van der Waals surface area contributed by atoms with Crippen molar-refractivity contribution in [3.05, 3.63) is 65.5 Å². The van der Waals surface area contributed by atoms with Gasteiger partial charge in [-0.2, -0.15) is 0 Å². The van der Waals surface area contributed by atoms with Crippen molar-refractivity contribution in [2.75, 3.05) is 0 Å². The van der Waals surface area contributed by atoms with Crippen molar-refractivity contribution in [3.8, 4) is 0 Å². The van der Waals surface area contributed by atoms with Crippen LogP contribution in [0, 0.1) is 0 Å². The zero-order chi connectivity index (χ0) is 12.5. The lowest BCUT2D eigenvalue weighted by Gasteiger charge is -2.06. The highest BCUT2D eigenvalue weighted by molar-refractivity contribution is 5.34. The molecule has 1 aromatic heterocycles. The molecular formula is C17H19N. The molecule has 92 valence electrons. The Kier molecular flexibility index (Phi) is 2.91. The van der Waals surface area contributed by atoms with Crippen molar-refractivity contribution in [2.24, 2.45) is 0 Å². The fourth-order valence-electron chi connectivity index (χ4n) is 2.57. The van der Waals surface area contributed by atoms with Crippen LogP contribution in [0.4, 0.5) is 0 Å². The molecular weight excluding hydrogens is 218 g/mol. The second kappa shape index (κ2) is 4.56. The maximum atomic E-state index is 4.64. The van der Waals surface area contributed by atoms with Gasteiger partial charge < -0.3 is 0 Å². The summed E-state index contributed by atoms with van der Waals surface area (Å²) in [5, 5.41) is 0. The third kappa shape index (κ3) is 2.17. The Bertz CT molecular complexity index is 513. The van der Waals surface area contributed by atoms with Gasteiger partial charge in [0.2, 0.25) is 0 Å². The molecule has 2 unspecified atom stereocenters. The fourth-order valence-corrected chi connectivity index (χ4v) is 2.57. The number of aromatic nitrogens is 1. The minimum Gasteiger partial charge on any atom is -0.261 e. The van der Waals surface area contributed by atoms with Gasteiger partial charge in [0.05, 0.1) is 0 Å². The molecule has 2 atom stereocenters. The van der Waals surface area contributed by atoms with Crippen molar-refractivity contribution >= 4 is 0 Å². The van der Waals surface area contributed by atoms with Crippen LogP contribution in [0.3, 0.4) is 0 Å². The molecule has 1 fully saturated rings. The molecule has 3 rings (SSSR count). The minimum atomic E-state index is 0.565. The summed E-state index contributed by atoms with van der Waals surface area (Å²) in [4.78, 5) is 4.64. The third-order valence-corrected chi connectivity index (χ3v) is 3.87. The van der Waals surface area contributed by atoms with Crippen molar-refractivity contribution < 1.29 is 0 Å². The van der Waals surface area contributed by atoms with Crippen molar-refractivity contribution in [1.82, 2.24) is 4.98 Å². The van der Waals surface area contributed by atoms with Crippen molar-refractivity contribution in [1.29, 1.82) is 0 Å². The van der Waals surface area contributed by atoms with Crippen LogP contribution in [-0.4, -0.2) is 4.98 Å². The van der Waals surface area contributed by atoms with Gasteiger partial charge >= 0.3 is 0 Å². The summed E-state index contributed by atoms with van der Waals surface area (Å²) < 4.78 is 0. The van der Waals surface area contributed by atoms with Gasteiger partial charge in [-0.05, 0) is 35.4 Å². The van der Waals surface area contributed by atoms with E-state index in [1.807, 2.05) is 6.20 Å². The largest absolute Gasteiger partial charge is 0.261 e. The second-order valence-corrected chi connectivity index (χ2v) is 5.53. The standard InChI is InChI=1S/C17H19N/c1-12(2)14-8-9-17(18-11-14)16-10-15(16)13-6-4-3-5-7-13/h3-9,11-12,15-16H,10H2,1-2H3. The van der Waals surface area contributed by atoms with E-state index >= 15 is 0 Å². The zero-order valence-corrected chi connectivity index (χ0v) is 11.0. The van der Waals surface area contributed by atoms with Crippen LogP contribution in [0.25, 0.3) is 0 Å². The van der Waals surface area contributed by atoms with E-state index in [1.165, 1.54) is 23.2 Å². The Morgan fingerprint density at radius 3 is 2.39 bits per heavy atom. The van der Waals surface area contributed by atoms with E-state index in [2.05, 4.69) is 61.3 Å². The van der Waals surface area contributed by atoms with E-state index in [9.17, 15) is 0 Å². The monoisotopic (exact) mass is 237 g/mol. The van der Waals surface area contributed by atoms with Crippen LogP contribution in [-0.2, 0) is 0 Å². The molecule has 1 heterocycles. The van der Waals surface area contributed by atoms with Crippen LogP contribution in [0.1, 0.15) is 54.8 Å². The second-order valence-electron chi connectivity index (χ2n) is 5.53. The van der Waals surface area contributed by atoms with Crippen LogP contribution in [0.2, 0.25) is 0 Å². The molecule has 1 saturated carbocycles. The average Bonchev–Trinajstić information content (AvgIpc) is 3.20. The predicted octanol–water partition coefficient (Wildman–Crippen LogP) is 4.48. The highest BCUT2D eigenvalue weighted by Gasteiger charge is 2.40. The van der Waals surface area contributed by atoms with E-state index in [-0.39, 0.29) is 0 Å². The molecule has 1 aromatic carbocycles.